The number of aliphatic imine (C=N–C) groups is 1. The summed E-state index contributed by atoms with van der Waals surface area (Å²) in [5, 5.41) is 7.71. The highest BCUT2D eigenvalue weighted by Crippen LogP contribution is 2.27. The molecular weight excluding hydrogens is 252 g/mol. The molecule has 2 heterocycles. The van der Waals surface area contributed by atoms with Crippen molar-refractivity contribution in [3.05, 3.63) is 29.8 Å². The molecule has 1 fully saturated rings. The lowest BCUT2D eigenvalue weighted by Crippen LogP contribution is -2.35. The second kappa shape index (κ2) is 6.76. The summed E-state index contributed by atoms with van der Waals surface area (Å²) < 4.78 is 0. The molecule has 0 bridgehead atoms. The molecule has 0 saturated carbocycles. The fourth-order valence-corrected chi connectivity index (χ4v) is 2.37. The molecular formula is C16H18N2O2. The van der Waals surface area contributed by atoms with Gasteiger partial charge in [0.05, 0.1) is 17.3 Å². The molecule has 1 atom stereocenters. The molecule has 1 N–H and O–H groups in total. The second-order valence-corrected chi connectivity index (χ2v) is 4.65. The minimum absolute atomic E-state index is 0.130. The molecule has 20 heavy (non-hydrogen) atoms. The van der Waals surface area contributed by atoms with Gasteiger partial charge in [-0.2, -0.15) is 0 Å². The van der Waals surface area contributed by atoms with Gasteiger partial charge in [-0.15, -0.1) is 0 Å². The molecule has 4 heteroatoms. The smallest absolute Gasteiger partial charge is 0.256 e. The molecule has 2 aliphatic rings. The number of benzene rings is 1. The van der Waals surface area contributed by atoms with Gasteiger partial charge in [0.25, 0.3) is 5.91 Å². The zero-order chi connectivity index (χ0) is 14.4. The Hall–Kier alpha value is -2.28. The molecule has 1 unspecified atom stereocenters. The van der Waals surface area contributed by atoms with Gasteiger partial charge in [-0.1, -0.05) is 25.0 Å². The number of carbonyl (C=O) groups excluding carboxylic acids is 1. The Bertz CT molecular complexity index is 569. The topological polar surface area (TPSA) is 52.9 Å². The van der Waals surface area contributed by atoms with E-state index in [9.17, 15) is 4.79 Å². The van der Waals surface area contributed by atoms with Crippen LogP contribution in [-0.2, 0) is 0 Å². The third-order valence-electron chi connectivity index (χ3n) is 3.34. The minimum Gasteiger partial charge on any atom is -0.462 e. The van der Waals surface area contributed by atoms with E-state index in [0.29, 0.717) is 0 Å². The summed E-state index contributed by atoms with van der Waals surface area (Å²) in [6.45, 7) is 2.74. The van der Waals surface area contributed by atoms with Crippen LogP contribution in [-0.4, -0.2) is 34.7 Å². The lowest BCUT2D eigenvalue weighted by atomic mass is 10.1. The summed E-state index contributed by atoms with van der Waals surface area (Å²) >= 11 is 0. The minimum atomic E-state index is 0.130. The van der Waals surface area contributed by atoms with Crippen LogP contribution in [0, 0.1) is 12.0 Å². The number of amides is 1. The normalized spacial score (nSPS) is 18.9. The molecule has 0 spiro atoms. The predicted molar refractivity (Wildman–Crippen MR) is 78.7 cm³/mol. The van der Waals surface area contributed by atoms with Crippen molar-refractivity contribution >= 4 is 17.8 Å². The average molecular weight is 270 g/mol. The van der Waals surface area contributed by atoms with Crippen LogP contribution < -0.4 is 0 Å². The van der Waals surface area contributed by atoms with Crippen LogP contribution in [0.4, 0.5) is 5.69 Å². The predicted octanol–water partition coefficient (Wildman–Crippen LogP) is 2.74. The molecule has 3 rings (SSSR count). The fourth-order valence-electron chi connectivity index (χ4n) is 2.37. The lowest BCUT2D eigenvalue weighted by molar-refractivity contribution is 0.0775. The number of rotatable bonds is 0. The van der Waals surface area contributed by atoms with Gasteiger partial charge in [0.15, 0.2) is 0 Å². The first kappa shape index (κ1) is 14.1. The molecule has 1 aromatic rings. The van der Waals surface area contributed by atoms with E-state index >= 15 is 0 Å². The van der Waals surface area contributed by atoms with Crippen LogP contribution in [0.15, 0.2) is 29.3 Å². The van der Waals surface area contributed by atoms with Crippen LogP contribution >= 0.6 is 0 Å². The van der Waals surface area contributed by atoms with Gasteiger partial charge >= 0.3 is 0 Å². The van der Waals surface area contributed by atoms with Crippen LogP contribution in [0.25, 0.3) is 0 Å². The zero-order valence-electron chi connectivity index (χ0n) is 11.5. The van der Waals surface area contributed by atoms with E-state index in [1.165, 1.54) is 0 Å². The number of para-hydroxylation sites is 1. The highest BCUT2D eigenvalue weighted by atomic mass is 16.2. The van der Waals surface area contributed by atoms with E-state index in [1.54, 1.807) is 6.11 Å². The summed E-state index contributed by atoms with van der Waals surface area (Å²) in [5.74, 6) is 2.55. The maximum Gasteiger partial charge on any atom is 0.256 e. The van der Waals surface area contributed by atoms with Crippen LogP contribution in [0.2, 0.25) is 0 Å². The van der Waals surface area contributed by atoms with E-state index in [2.05, 4.69) is 10.9 Å². The monoisotopic (exact) mass is 270 g/mol. The fraction of sp³-hybridized carbons (Fsp3) is 0.375. The molecule has 0 aromatic heterocycles. The SMILES string of the molecule is CCC#CO.O=C1c2ccccc2N=CC2CCCN12. The third-order valence-corrected chi connectivity index (χ3v) is 3.34. The Kier molecular flexibility index (Phi) is 4.78. The maximum atomic E-state index is 12.2. The Morgan fingerprint density at radius 1 is 1.45 bits per heavy atom. The summed E-state index contributed by atoms with van der Waals surface area (Å²) in [4.78, 5) is 18.5. The molecule has 0 radical (unpaired) electrons. The van der Waals surface area contributed by atoms with E-state index in [0.717, 1.165) is 37.1 Å². The quantitative estimate of drug-likeness (QED) is 0.737. The first-order chi connectivity index (χ1) is 9.77. The van der Waals surface area contributed by atoms with Crippen molar-refractivity contribution in [2.45, 2.75) is 32.2 Å². The highest BCUT2D eigenvalue weighted by molar-refractivity contribution is 6.02. The summed E-state index contributed by atoms with van der Waals surface area (Å²) in [6.07, 6.45) is 6.55. The van der Waals surface area contributed by atoms with Crippen molar-refractivity contribution in [1.82, 2.24) is 4.90 Å². The maximum absolute atomic E-state index is 12.2. The van der Waals surface area contributed by atoms with Crippen molar-refractivity contribution in [3.63, 3.8) is 0 Å². The van der Waals surface area contributed by atoms with Gasteiger partial charge in [0.1, 0.15) is 6.11 Å². The van der Waals surface area contributed by atoms with Gasteiger partial charge in [0.2, 0.25) is 0 Å². The Balaban J connectivity index is 0.000000257. The van der Waals surface area contributed by atoms with Gasteiger partial charge in [-0.25, -0.2) is 0 Å². The average Bonchev–Trinajstić information content (AvgIpc) is 2.90. The van der Waals surface area contributed by atoms with Crippen molar-refractivity contribution < 1.29 is 9.90 Å². The van der Waals surface area contributed by atoms with Crippen molar-refractivity contribution in [3.8, 4) is 12.0 Å². The summed E-state index contributed by atoms with van der Waals surface area (Å²) in [6, 6.07) is 7.77. The number of hydrogen-bond acceptors (Lipinski definition) is 3. The molecule has 2 aliphatic heterocycles. The summed E-state index contributed by atoms with van der Waals surface area (Å²) in [7, 11) is 0. The van der Waals surface area contributed by atoms with Crippen LogP contribution in [0.3, 0.4) is 0 Å². The van der Waals surface area contributed by atoms with Crippen molar-refractivity contribution in [2.75, 3.05) is 6.54 Å². The molecule has 1 aromatic carbocycles. The van der Waals surface area contributed by atoms with E-state index < -0.39 is 0 Å². The Morgan fingerprint density at radius 3 is 2.95 bits per heavy atom. The number of aliphatic hydroxyl groups excluding tert-OH is 1. The van der Waals surface area contributed by atoms with Gasteiger partial charge < -0.3 is 10.0 Å². The number of nitrogens with zero attached hydrogens (tertiary/aromatic N) is 2. The van der Waals surface area contributed by atoms with Gasteiger partial charge in [-0.3, -0.25) is 9.79 Å². The first-order valence-electron chi connectivity index (χ1n) is 6.84. The standard InChI is InChI=1S/C12H12N2O.C4H6O/c15-12-10-5-1-2-6-11(10)13-8-9-4-3-7-14(9)12;1-2-3-4-5/h1-2,5-6,8-9H,3-4,7H2;5H,2H2,1H3. The van der Waals surface area contributed by atoms with Crippen molar-refractivity contribution in [1.29, 1.82) is 0 Å². The zero-order valence-corrected chi connectivity index (χ0v) is 11.5. The molecule has 104 valence electrons. The van der Waals surface area contributed by atoms with E-state index in [1.807, 2.05) is 42.3 Å². The molecule has 1 saturated heterocycles. The van der Waals surface area contributed by atoms with E-state index in [4.69, 9.17) is 5.11 Å². The molecule has 0 aliphatic carbocycles. The Labute approximate surface area is 119 Å². The van der Waals surface area contributed by atoms with Gasteiger partial charge in [-0.05, 0) is 25.0 Å². The largest absolute Gasteiger partial charge is 0.462 e. The van der Waals surface area contributed by atoms with Gasteiger partial charge in [0, 0.05) is 19.2 Å². The number of hydrogen-bond donors (Lipinski definition) is 1. The van der Waals surface area contributed by atoms with Crippen molar-refractivity contribution in [2.24, 2.45) is 4.99 Å². The van der Waals surface area contributed by atoms with Crippen LogP contribution in [0.1, 0.15) is 36.5 Å². The number of fused-ring (bicyclic) bond motifs is 2. The lowest BCUT2D eigenvalue weighted by Gasteiger charge is -2.19. The number of aliphatic hydroxyl groups is 1. The van der Waals surface area contributed by atoms with Crippen LogP contribution in [0.5, 0.6) is 0 Å². The number of carbonyl (C=O) groups is 1. The molecule has 1 amide bonds. The third kappa shape index (κ3) is 3.00. The van der Waals surface area contributed by atoms with E-state index in [-0.39, 0.29) is 11.9 Å². The first-order valence-corrected chi connectivity index (χ1v) is 6.84. The summed E-state index contributed by atoms with van der Waals surface area (Å²) in [5.41, 5.74) is 1.54. The molecule has 4 nitrogen and oxygen atoms in total. The second-order valence-electron chi connectivity index (χ2n) is 4.65. The highest BCUT2D eigenvalue weighted by Gasteiger charge is 2.31. The Morgan fingerprint density at radius 2 is 2.25 bits per heavy atom.